The first-order chi connectivity index (χ1) is 9.70. The van der Waals surface area contributed by atoms with Crippen molar-refractivity contribution in [3.63, 3.8) is 0 Å². The van der Waals surface area contributed by atoms with E-state index in [2.05, 4.69) is 19.1 Å². The lowest BCUT2D eigenvalue weighted by atomic mass is 9.94. The van der Waals surface area contributed by atoms with E-state index in [1.807, 2.05) is 18.2 Å². The third-order valence-corrected chi connectivity index (χ3v) is 4.21. The molecule has 1 saturated heterocycles. The van der Waals surface area contributed by atoms with Crippen molar-refractivity contribution < 1.29 is 14.2 Å². The van der Waals surface area contributed by atoms with Gasteiger partial charge in [-0.1, -0.05) is 36.8 Å². The van der Waals surface area contributed by atoms with Crippen molar-refractivity contribution in [1.82, 2.24) is 0 Å². The molecule has 0 amide bonds. The summed E-state index contributed by atoms with van der Waals surface area (Å²) in [5.41, 5.74) is 0.897. The molecule has 1 atom stereocenters. The predicted molar refractivity (Wildman–Crippen MR) is 77.4 cm³/mol. The summed E-state index contributed by atoms with van der Waals surface area (Å²) in [7, 11) is 0. The van der Waals surface area contributed by atoms with Crippen molar-refractivity contribution in [1.29, 1.82) is 0 Å². The van der Waals surface area contributed by atoms with E-state index in [1.54, 1.807) is 0 Å². The summed E-state index contributed by atoms with van der Waals surface area (Å²) in [6, 6.07) is 10.2. The zero-order valence-corrected chi connectivity index (χ0v) is 12.3. The molecule has 2 fully saturated rings. The second-order valence-corrected chi connectivity index (χ2v) is 6.29. The Balaban J connectivity index is 1.50. The fourth-order valence-electron chi connectivity index (χ4n) is 3.16. The van der Waals surface area contributed by atoms with Gasteiger partial charge in [-0.2, -0.15) is 0 Å². The molecule has 1 unspecified atom stereocenters. The van der Waals surface area contributed by atoms with Crippen LogP contribution < -0.4 is 0 Å². The van der Waals surface area contributed by atoms with Gasteiger partial charge in [-0.25, -0.2) is 0 Å². The van der Waals surface area contributed by atoms with Gasteiger partial charge in [-0.15, -0.1) is 0 Å². The summed E-state index contributed by atoms with van der Waals surface area (Å²) in [4.78, 5) is 0. The largest absolute Gasteiger partial charge is 0.374 e. The van der Waals surface area contributed by atoms with Gasteiger partial charge in [0.1, 0.15) is 5.60 Å². The molecule has 1 aliphatic heterocycles. The summed E-state index contributed by atoms with van der Waals surface area (Å²) >= 11 is 0. The van der Waals surface area contributed by atoms with Gasteiger partial charge in [0.15, 0.2) is 5.79 Å². The van der Waals surface area contributed by atoms with Crippen LogP contribution in [0.2, 0.25) is 0 Å². The van der Waals surface area contributed by atoms with Crippen LogP contribution in [0.5, 0.6) is 0 Å². The molecule has 1 saturated carbocycles. The summed E-state index contributed by atoms with van der Waals surface area (Å²) in [5, 5.41) is 0. The first-order valence-electron chi connectivity index (χ1n) is 7.66. The van der Waals surface area contributed by atoms with Gasteiger partial charge in [0.2, 0.25) is 0 Å². The molecule has 0 aromatic heterocycles. The summed E-state index contributed by atoms with van der Waals surface area (Å²) < 4.78 is 18.1. The van der Waals surface area contributed by atoms with Gasteiger partial charge in [-0.3, -0.25) is 0 Å². The summed E-state index contributed by atoms with van der Waals surface area (Å²) in [6.07, 6.45) is 5.78. The molecule has 0 N–H and O–H groups in total. The quantitative estimate of drug-likeness (QED) is 0.840. The average Bonchev–Trinajstić information content (AvgIpc) is 2.78. The number of hydrogen-bond acceptors (Lipinski definition) is 3. The minimum atomic E-state index is -0.316. The Kier molecular flexibility index (Phi) is 4.11. The summed E-state index contributed by atoms with van der Waals surface area (Å²) in [6.45, 7) is 3.96. The van der Waals surface area contributed by atoms with Gasteiger partial charge in [0, 0.05) is 12.8 Å². The SMILES string of the molecule is CC1(COCc2ccccc2)COC2(CCCCC2)O1. The minimum absolute atomic E-state index is 0.299. The van der Waals surface area contributed by atoms with Crippen LogP contribution in [-0.4, -0.2) is 24.6 Å². The van der Waals surface area contributed by atoms with Crippen LogP contribution in [0.25, 0.3) is 0 Å². The third kappa shape index (κ3) is 3.22. The van der Waals surface area contributed by atoms with Crippen molar-refractivity contribution in [3.8, 4) is 0 Å². The lowest BCUT2D eigenvalue weighted by Gasteiger charge is -2.33. The highest BCUT2D eigenvalue weighted by Crippen LogP contribution is 2.41. The maximum atomic E-state index is 6.27. The number of hydrogen-bond donors (Lipinski definition) is 0. The van der Waals surface area contributed by atoms with Crippen LogP contribution in [0.15, 0.2) is 30.3 Å². The van der Waals surface area contributed by atoms with Crippen LogP contribution in [0.1, 0.15) is 44.6 Å². The van der Waals surface area contributed by atoms with Crippen molar-refractivity contribution in [3.05, 3.63) is 35.9 Å². The van der Waals surface area contributed by atoms with E-state index < -0.39 is 0 Å². The zero-order chi connectivity index (χ0) is 13.9. The molecule has 3 rings (SSSR count). The minimum Gasteiger partial charge on any atom is -0.374 e. The lowest BCUT2D eigenvalue weighted by Crippen LogP contribution is -2.39. The molecule has 2 aliphatic rings. The molecule has 3 nitrogen and oxygen atoms in total. The molecule has 20 heavy (non-hydrogen) atoms. The zero-order valence-electron chi connectivity index (χ0n) is 12.3. The molecule has 1 aromatic carbocycles. The first kappa shape index (κ1) is 14.1. The fraction of sp³-hybridized carbons (Fsp3) is 0.647. The van der Waals surface area contributed by atoms with Gasteiger partial charge in [-0.05, 0) is 25.3 Å². The Labute approximate surface area is 121 Å². The Bertz CT molecular complexity index is 425. The van der Waals surface area contributed by atoms with Gasteiger partial charge in [0.25, 0.3) is 0 Å². The van der Waals surface area contributed by atoms with Crippen LogP contribution in [0.4, 0.5) is 0 Å². The molecule has 1 spiro atoms. The second-order valence-electron chi connectivity index (χ2n) is 6.29. The van der Waals surface area contributed by atoms with Crippen molar-refractivity contribution in [2.75, 3.05) is 13.2 Å². The van der Waals surface area contributed by atoms with E-state index >= 15 is 0 Å². The molecule has 0 bridgehead atoms. The number of rotatable bonds is 4. The molecular weight excluding hydrogens is 252 g/mol. The normalized spacial score (nSPS) is 28.9. The summed E-state index contributed by atoms with van der Waals surface area (Å²) in [5.74, 6) is -0.316. The second kappa shape index (κ2) is 5.84. The van der Waals surface area contributed by atoms with E-state index in [0.29, 0.717) is 19.8 Å². The fourth-order valence-corrected chi connectivity index (χ4v) is 3.16. The highest BCUT2D eigenvalue weighted by atomic mass is 16.8. The predicted octanol–water partition coefficient (Wildman–Crippen LogP) is 3.67. The maximum Gasteiger partial charge on any atom is 0.169 e. The number of benzene rings is 1. The lowest BCUT2D eigenvalue weighted by molar-refractivity contribution is -0.209. The van der Waals surface area contributed by atoms with Crippen molar-refractivity contribution in [2.45, 2.75) is 57.0 Å². The van der Waals surface area contributed by atoms with Crippen molar-refractivity contribution >= 4 is 0 Å². The maximum absolute atomic E-state index is 6.27. The topological polar surface area (TPSA) is 27.7 Å². The van der Waals surface area contributed by atoms with E-state index in [0.717, 1.165) is 12.8 Å². The van der Waals surface area contributed by atoms with Crippen LogP contribution >= 0.6 is 0 Å². The van der Waals surface area contributed by atoms with Crippen molar-refractivity contribution in [2.24, 2.45) is 0 Å². The molecule has 3 heteroatoms. The Hall–Kier alpha value is -0.900. The molecule has 1 heterocycles. The highest BCUT2D eigenvalue weighted by molar-refractivity contribution is 5.13. The molecule has 1 aromatic rings. The highest BCUT2D eigenvalue weighted by Gasteiger charge is 2.48. The Morgan fingerprint density at radius 2 is 1.85 bits per heavy atom. The monoisotopic (exact) mass is 276 g/mol. The van der Waals surface area contributed by atoms with Gasteiger partial charge < -0.3 is 14.2 Å². The van der Waals surface area contributed by atoms with E-state index in [4.69, 9.17) is 14.2 Å². The average molecular weight is 276 g/mol. The van der Waals surface area contributed by atoms with E-state index in [9.17, 15) is 0 Å². The van der Waals surface area contributed by atoms with E-state index in [-0.39, 0.29) is 11.4 Å². The molecule has 110 valence electrons. The van der Waals surface area contributed by atoms with Crippen LogP contribution in [-0.2, 0) is 20.8 Å². The van der Waals surface area contributed by atoms with Crippen LogP contribution in [0, 0.1) is 0 Å². The Morgan fingerprint density at radius 3 is 2.60 bits per heavy atom. The standard InChI is InChI=1S/C17H24O3/c1-16(13-18-12-15-8-4-2-5-9-15)14-19-17(20-16)10-6-3-7-11-17/h2,4-5,8-9H,3,6-7,10-14H2,1H3. The number of ether oxygens (including phenoxy) is 3. The third-order valence-electron chi connectivity index (χ3n) is 4.21. The smallest absolute Gasteiger partial charge is 0.169 e. The Morgan fingerprint density at radius 1 is 1.10 bits per heavy atom. The van der Waals surface area contributed by atoms with Gasteiger partial charge in [0.05, 0.1) is 19.8 Å². The van der Waals surface area contributed by atoms with Crippen LogP contribution in [0.3, 0.4) is 0 Å². The van der Waals surface area contributed by atoms with E-state index in [1.165, 1.54) is 24.8 Å². The first-order valence-corrected chi connectivity index (χ1v) is 7.66. The molecular formula is C17H24O3. The van der Waals surface area contributed by atoms with Gasteiger partial charge >= 0.3 is 0 Å². The molecule has 1 aliphatic carbocycles. The molecule has 0 radical (unpaired) electrons.